The van der Waals surface area contributed by atoms with Crippen LogP contribution in [0.2, 0.25) is 0 Å². The third-order valence-electron chi connectivity index (χ3n) is 2.71. The van der Waals surface area contributed by atoms with Crippen molar-refractivity contribution < 1.29 is 9.59 Å². The fraction of sp³-hybridized carbons (Fsp3) is 0.385. The molecule has 5 heteroatoms. The Balaban J connectivity index is 2.87. The summed E-state index contributed by atoms with van der Waals surface area (Å²) in [4.78, 5) is 26.6. The van der Waals surface area contributed by atoms with Crippen molar-refractivity contribution in [1.82, 2.24) is 9.80 Å². The molecule has 18 heavy (non-hydrogen) atoms. The van der Waals surface area contributed by atoms with Crippen molar-refractivity contribution >= 4 is 17.5 Å². The fourth-order valence-corrected chi connectivity index (χ4v) is 1.49. The Labute approximate surface area is 107 Å². The van der Waals surface area contributed by atoms with E-state index in [1.807, 2.05) is 6.92 Å². The van der Waals surface area contributed by atoms with E-state index < -0.39 is 0 Å². The number of aryl methyl sites for hydroxylation is 1. The van der Waals surface area contributed by atoms with Gasteiger partial charge in [-0.2, -0.15) is 0 Å². The lowest BCUT2D eigenvalue weighted by atomic mass is 10.1. The molecule has 0 aliphatic rings. The van der Waals surface area contributed by atoms with Gasteiger partial charge in [-0.05, 0) is 24.6 Å². The van der Waals surface area contributed by atoms with Gasteiger partial charge in [0.1, 0.15) is 0 Å². The summed E-state index contributed by atoms with van der Waals surface area (Å²) >= 11 is 0. The number of rotatable bonds is 3. The molecule has 5 nitrogen and oxygen atoms in total. The maximum Gasteiger partial charge on any atom is 0.254 e. The van der Waals surface area contributed by atoms with Gasteiger partial charge in [-0.25, -0.2) is 0 Å². The molecule has 0 aliphatic heterocycles. The second-order valence-corrected chi connectivity index (χ2v) is 4.52. The molecule has 1 rings (SSSR count). The van der Waals surface area contributed by atoms with Gasteiger partial charge >= 0.3 is 0 Å². The van der Waals surface area contributed by atoms with E-state index in [9.17, 15) is 9.59 Å². The minimum atomic E-state index is -0.199. The van der Waals surface area contributed by atoms with Crippen LogP contribution in [0.1, 0.15) is 15.9 Å². The molecule has 0 spiro atoms. The Morgan fingerprint density at radius 1 is 1.22 bits per heavy atom. The van der Waals surface area contributed by atoms with Crippen molar-refractivity contribution in [3.8, 4) is 0 Å². The highest BCUT2D eigenvalue weighted by Gasteiger charge is 2.17. The Morgan fingerprint density at radius 2 is 1.83 bits per heavy atom. The second kappa shape index (κ2) is 5.53. The van der Waals surface area contributed by atoms with E-state index in [4.69, 9.17) is 5.73 Å². The van der Waals surface area contributed by atoms with Crippen LogP contribution in [0, 0.1) is 6.92 Å². The minimum absolute atomic E-state index is 0.0556. The van der Waals surface area contributed by atoms with Crippen molar-refractivity contribution in [2.45, 2.75) is 6.92 Å². The highest BCUT2D eigenvalue weighted by molar-refractivity contribution is 5.98. The number of hydrogen-bond acceptors (Lipinski definition) is 3. The number of hydrogen-bond donors (Lipinski definition) is 1. The van der Waals surface area contributed by atoms with Crippen molar-refractivity contribution in [1.29, 1.82) is 0 Å². The lowest BCUT2D eigenvalue weighted by Gasteiger charge is -2.20. The first-order chi connectivity index (χ1) is 8.32. The zero-order chi connectivity index (χ0) is 13.9. The van der Waals surface area contributed by atoms with Gasteiger partial charge in [0.15, 0.2) is 0 Å². The van der Waals surface area contributed by atoms with Crippen LogP contribution in [0.25, 0.3) is 0 Å². The summed E-state index contributed by atoms with van der Waals surface area (Å²) in [6, 6.07) is 5.18. The highest BCUT2D eigenvalue weighted by Crippen LogP contribution is 2.14. The zero-order valence-corrected chi connectivity index (χ0v) is 11.2. The van der Waals surface area contributed by atoms with Crippen LogP contribution in [-0.4, -0.2) is 49.3 Å². The van der Waals surface area contributed by atoms with Crippen LogP contribution in [0.4, 0.5) is 5.69 Å². The largest absolute Gasteiger partial charge is 0.399 e. The molecule has 0 aliphatic carbocycles. The van der Waals surface area contributed by atoms with Crippen LogP contribution in [0.3, 0.4) is 0 Å². The number of benzene rings is 1. The molecule has 0 saturated heterocycles. The van der Waals surface area contributed by atoms with Crippen LogP contribution in [0.15, 0.2) is 18.2 Å². The topological polar surface area (TPSA) is 66.6 Å². The Kier molecular flexibility index (Phi) is 4.31. The molecule has 0 fully saturated rings. The molecule has 0 unspecified atom stereocenters. The maximum absolute atomic E-state index is 12.2. The van der Waals surface area contributed by atoms with E-state index >= 15 is 0 Å². The van der Waals surface area contributed by atoms with Gasteiger partial charge in [-0.15, -0.1) is 0 Å². The summed E-state index contributed by atoms with van der Waals surface area (Å²) in [6.45, 7) is 1.90. The molecule has 0 atom stereocenters. The molecule has 1 aromatic carbocycles. The standard InChI is InChI=1S/C13H19N3O2/c1-9-5-6-10(14)7-11(9)13(18)16(4)8-12(17)15(2)3/h5-7H,8,14H2,1-4H3. The van der Waals surface area contributed by atoms with Gasteiger partial charge in [-0.3, -0.25) is 9.59 Å². The lowest BCUT2D eigenvalue weighted by Crippen LogP contribution is -2.38. The molecule has 2 amide bonds. The molecule has 0 aromatic heterocycles. The Bertz CT molecular complexity index is 469. The van der Waals surface area contributed by atoms with Crippen LogP contribution in [-0.2, 0) is 4.79 Å². The van der Waals surface area contributed by atoms with Crippen LogP contribution in [0.5, 0.6) is 0 Å². The van der Waals surface area contributed by atoms with Gasteiger partial charge in [-0.1, -0.05) is 6.07 Å². The molecule has 0 radical (unpaired) electrons. The normalized spacial score (nSPS) is 10.0. The molecule has 1 aromatic rings. The third-order valence-corrected chi connectivity index (χ3v) is 2.71. The fourth-order valence-electron chi connectivity index (χ4n) is 1.49. The number of anilines is 1. The molecule has 0 saturated carbocycles. The first kappa shape index (κ1) is 14.0. The predicted octanol–water partition coefficient (Wildman–Crippen LogP) is 0.737. The smallest absolute Gasteiger partial charge is 0.254 e. The summed E-state index contributed by atoms with van der Waals surface area (Å²) in [6.07, 6.45) is 0. The number of nitrogen functional groups attached to an aromatic ring is 1. The van der Waals surface area contributed by atoms with E-state index in [0.29, 0.717) is 11.3 Å². The monoisotopic (exact) mass is 249 g/mol. The zero-order valence-electron chi connectivity index (χ0n) is 11.2. The first-order valence-corrected chi connectivity index (χ1v) is 5.64. The number of nitrogens with zero attached hydrogens (tertiary/aromatic N) is 2. The number of likely N-dealkylation sites (N-methyl/N-ethyl adjacent to an activating group) is 2. The van der Waals surface area contributed by atoms with E-state index in [1.165, 1.54) is 9.80 Å². The highest BCUT2D eigenvalue weighted by atomic mass is 16.2. The molecule has 0 bridgehead atoms. The summed E-state index contributed by atoms with van der Waals surface area (Å²) in [5.74, 6) is -0.317. The molecular formula is C13H19N3O2. The van der Waals surface area contributed by atoms with Gasteiger partial charge in [0, 0.05) is 32.4 Å². The number of carbonyl (C=O) groups excluding carboxylic acids is 2. The van der Waals surface area contributed by atoms with Crippen molar-refractivity contribution in [2.75, 3.05) is 33.4 Å². The quantitative estimate of drug-likeness (QED) is 0.803. The second-order valence-electron chi connectivity index (χ2n) is 4.52. The van der Waals surface area contributed by atoms with Crippen LogP contribution < -0.4 is 5.73 Å². The van der Waals surface area contributed by atoms with Gasteiger partial charge < -0.3 is 15.5 Å². The lowest BCUT2D eigenvalue weighted by molar-refractivity contribution is -0.129. The average Bonchev–Trinajstić information content (AvgIpc) is 2.31. The first-order valence-electron chi connectivity index (χ1n) is 5.64. The summed E-state index contributed by atoms with van der Waals surface area (Å²) < 4.78 is 0. The predicted molar refractivity (Wildman–Crippen MR) is 71.2 cm³/mol. The minimum Gasteiger partial charge on any atom is -0.399 e. The number of carbonyl (C=O) groups is 2. The number of nitrogens with two attached hydrogens (primary N) is 1. The molecule has 98 valence electrons. The Hall–Kier alpha value is -2.04. The van der Waals surface area contributed by atoms with Gasteiger partial charge in [0.2, 0.25) is 5.91 Å². The van der Waals surface area contributed by atoms with Crippen LogP contribution >= 0.6 is 0 Å². The van der Waals surface area contributed by atoms with E-state index in [2.05, 4.69) is 0 Å². The van der Waals surface area contributed by atoms with E-state index in [-0.39, 0.29) is 18.4 Å². The Morgan fingerprint density at radius 3 is 2.39 bits per heavy atom. The van der Waals surface area contributed by atoms with E-state index in [0.717, 1.165) is 5.56 Å². The SMILES string of the molecule is Cc1ccc(N)cc1C(=O)N(C)CC(=O)N(C)C. The molecule has 0 heterocycles. The summed E-state index contributed by atoms with van der Waals surface area (Å²) in [5, 5.41) is 0. The molecular weight excluding hydrogens is 230 g/mol. The number of amides is 2. The summed E-state index contributed by atoms with van der Waals surface area (Å²) in [5.41, 5.74) is 7.58. The summed E-state index contributed by atoms with van der Waals surface area (Å²) in [7, 11) is 4.92. The maximum atomic E-state index is 12.2. The third kappa shape index (κ3) is 3.23. The van der Waals surface area contributed by atoms with Crippen molar-refractivity contribution in [3.05, 3.63) is 29.3 Å². The van der Waals surface area contributed by atoms with Crippen molar-refractivity contribution in [3.63, 3.8) is 0 Å². The van der Waals surface area contributed by atoms with Gasteiger partial charge in [0.25, 0.3) is 5.91 Å². The van der Waals surface area contributed by atoms with Gasteiger partial charge in [0.05, 0.1) is 6.54 Å². The van der Waals surface area contributed by atoms with E-state index in [1.54, 1.807) is 39.3 Å². The molecule has 2 N–H and O–H groups in total. The average molecular weight is 249 g/mol. The van der Waals surface area contributed by atoms with Crippen molar-refractivity contribution in [2.24, 2.45) is 0 Å².